The maximum atomic E-state index is 11.0. The Hall–Kier alpha value is -1.73. The van der Waals surface area contributed by atoms with Crippen LogP contribution >= 0.6 is 11.3 Å². The molecule has 0 bridgehead atoms. The van der Waals surface area contributed by atoms with Crippen molar-refractivity contribution < 1.29 is 14.4 Å². The zero-order valence-corrected chi connectivity index (χ0v) is 12.8. The normalized spacial score (nSPS) is 19.2. The Balaban J connectivity index is 1.66. The maximum Gasteiger partial charge on any atom is 0.345 e. The summed E-state index contributed by atoms with van der Waals surface area (Å²) in [5.74, 6) is 0.836. The van der Waals surface area contributed by atoms with Crippen molar-refractivity contribution in [3.63, 3.8) is 0 Å². The number of hydrogen-bond acceptors (Lipinski definition) is 6. The minimum Gasteiger partial charge on any atom is -0.477 e. The Morgan fingerprint density at radius 1 is 1.57 bits per heavy atom. The molecule has 1 aliphatic heterocycles. The fourth-order valence-electron chi connectivity index (χ4n) is 2.69. The fraction of sp³-hybridized carbons (Fsp3) is 0.500. The van der Waals surface area contributed by atoms with Crippen LogP contribution in [0.15, 0.2) is 10.6 Å². The number of thiophene rings is 1. The molecule has 3 heterocycles. The van der Waals surface area contributed by atoms with Crippen molar-refractivity contribution in [3.05, 3.63) is 33.1 Å². The van der Waals surface area contributed by atoms with Gasteiger partial charge in [0.05, 0.1) is 0 Å². The van der Waals surface area contributed by atoms with Crippen LogP contribution in [-0.2, 0) is 6.54 Å². The molecule has 1 N–H and O–H groups in total. The number of carbonyl (C=O) groups is 1. The van der Waals surface area contributed by atoms with Gasteiger partial charge in [-0.25, -0.2) is 4.79 Å². The van der Waals surface area contributed by atoms with Gasteiger partial charge >= 0.3 is 5.97 Å². The summed E-state index contributed by atoms with van der Waals surface area (Å²) < 4.78 is 5.04. The first-order chi connectivity index (χ1) is 10.0. The van der Waals surface area contributed by atoms with Gasteiger partial charge in [-0.3, -0.25) is 4.90 Å². The number of hydrogen-bond donors (Lipinski definition) is 1. The van der Waals surface area contributed by atoms with Gasteiger partial charge in [0.2, 0.25) is 5.89 Å². The summed E-state index contributed by atoms with van der Waals surface area (Å²) in [5.41, 5.74) is 1.10. The Kier molecular flexibility index (Phi) is 3.77. The van der Waals surface area contributed by atoms with Gasteiger partial charge in [-0.1, -0.05) is 5.16 Å². The van der Waals surface area contributed by atoms with Gasteiger partial charge in [-0.15, -0.1) is 11.3 Å². The molecule has 0 amide bonds. The molecule has 0 aliphatic carbocycles. The average Bonchev–Trinajstić information content (AvgIpc) is 3.12. The zero-order chi connectivity index (χ0) is 15.0. The van der Waals surface area contributed by atoms with Crippen LogP contribution in [0.3, 0.4) is 0 Å². The highest BCUT2D eigenvalue weighted by molar-refractivity contribution is 7.14. The Morgan fingerprint density at radius 2 is 2.38 bits per heavy atom. The minimum absolute atomic E-state index is 0.306. The van der Waals surface area contributed by atoms with Crippen molar-refractivity contribution in [2.45, 2.75) is 32.7 Å². The molecule has 112 valence electrons. The van der Waals surface area contributed by atoms with Gasteiger partial charge in [0.15, 0.2) is 5.82 Å². The van der Waals surface area contributed by atoms with Gasteiger partial charge in [0, 0.05) is 30.8 Å². The second-order valence-corrected chi connectivity index (χ2v) is 6.65. The summed E-state index contributed by atoms with van der Waals surface area (Å²) in [4.78, 5) is 19.1. The van der Waals surface area contributed by atoms with Gasteiger partial charge in [-0.2, -0.15) is 4.98 Å². The van der Waals surface area contributed by atoms with Crippen LogP contribution in [0.5, 0.6) is 0 Å². The molecule has 2 aromatic rings. The standard InChI is InChI=1S/C14H17N3O3S/c1-8-11(5-12(21-8)14(18)19)7-17-4-3-10(6-17)13-15-9(2)20-16-13/h5,10H,3-4,6-7H2,1-2H3,(H,18,19). The van der Waals surface area contributed by atoms with E-state index in [0.717, 1.165) is 42.3 Å². The molecule has 1 unspecified atom stereocenters. The summed E-state index contributed by atoms with van der Waals surface area (Å²) in [5, 5.41) is 13.0. The van der Waals surface area contributed by atoms with E-state index in [1.54, 1.807) is 13.0 Å². The second-order valence-electron chi connectivity index (χ2n) is 5.39. The molecule has 0 spiro atoms. The third kappa shape index (κ3) is 2.98. The van der Waals surface area contributed by atoms with E-state index in [0.29, 0.717) is 16.7 Å². The summed E-state index contributed by atoms with van der Waals surface area (Å²) in [6.07, 6.45) is 1.01. The number of carboxylic acids is 1. The second kappa shape index (κ2) is 5.57. The lowest BCUT2D eigenvalue weighted by Crippen LogP contribution is -2.20. The number of carboxylic acid groups (broad SMARTS) is 1. The molecule has 21 heavy (non-hydrogen) atoms. The lowest BCUT2D eigenvalue weighted by molar-refractivity contribution is 0.0702. The largest absolute Gasteiger partial charge is 0.477 e. The minimum atomic E-state index is -0.851. The average molecular weight is 307 g/mol. The van der Waals surface area contributed by atoms with Crippen molar-refractivity contribution in [1.29, 1.82) is 0 Å². The molecule has 2 aromatic heterocycles. The van der Waals surface area contributed by atoms with E-state index in [2.05, 4.69) is 15.0 Å². The van der Waals surface area contributed by atoms with Gasteiger partial charge in [0.25, 0.3) is 0 Å². The molecule has 1 saturated heterocycles. The van der Waals surface area contributed by atoms with Crippen LogP contribution in [0.25, 0.3) is 0 Å². The first-order valence-corrected chi connectivity index (χ1v) is 7.69. The predicted octanol–water partition coefficient (Wildman–Crippen LogP) is 2.44. The van der Waals surface area contributed by atoms with Gasteiger partial charge in [-0.05, 0) is 31.5 Å². The number of rotatable bonds is 4. The van der Waals surface area contributed by atoms with E-state index in [-0.39, 0.29) is 0 Å². The maximum absolute atomic E-state index is 11.0. The first-order valence-electron chi connectivity index (χ1n) is 6.88. The van der Waals surface area contributed by atoms with Crippen LogP contribution in [-0.4, -0.2) is 39.2 Å². The lowest BCUT2D eigenvalue weighted by atomic mass is 10.1. The molecule has 0 saturated carbocycles. The molecule has 1 atom stereocenters. The SMILES string of the molecule is Cc1nc(C2CCN(Cc3cc(C(=O)O)sc3C)C2)no1. The Bertz CT molecular complexity index is 664. The molecule has 7 heteroatoms. The Morgan fingerprint density at radius 3 is 3.00 bits per heavy atom. The Labute approximate surface area is 126 Å². The molecule has 1 aliphatic rings. The van der Waals surface area contributed by atoms with E-state index >= 15 is 0 Å². The van der Waals surface area contributed by atoms with Crippen LogP contribution in [0.2, 0.25) is 0 Å². The summed E-state index contributed by atoms with van der Waals surface area (Å²) >= 11 is 1.34. The molecule has 0 radical (unpaired) electrons. The highest BCUT2D eigenvalue weighted by Gasteiger charge is 2.28. The van der Waals surface area contributed by atoms with Crippen molar-refractivity contribution in [2.75, 3.05) is 13.1 Å². The topological polar surface area (TPSA) is 79.5 Å². The fourth-order valence-corrected chi connectivity index (χ4v) is 3.56. The highest BCUT2D eigenvalue weighted by Crippen LogP contribution is 2.29. The smallest absolute Gasteiger partial charge is 0.345 e. The molecule has 1 fully saturated rings. The summed E-state index contributed by atoms with van der Waals surface area (Å²) in [7, 11) is 0. The van der Waals surface area contributed by atoms with Gasteiger partial charge < -0.3 is 9.63 Å². The quantitative estimate of drug-likeness (QED) is 0.934. The number of likely N-dealkylation sites (tertiary alicyclic amines) is 1. The van der Waals surface area contributed by atoms with Crippen molar-refractivity contribution in [1.82, 2.24) is 15.0 Å². The number of nitrogens with zero attached hydrogens (tertiary/aromatic N) is 3. The zero-order valence-electron chi connectivity index (χ0n) is 12.0. The van der Waals surface area contributed by atoms with E-state index < -0.39 is 5.97 Å². The lowest BCUT2D eigenvalue weighted by Gasteiger charge is -2.14. The predicted molar refractivity (Wildman–Crippen MR) is 77.7 cm³/mol. The number of aromatic nitrogens is 2. The van der Waals surface area contributed by atoms with Crippen LogP contribution in [0.4, 0.5) is 0 Å². The number of aryl methyl sites for hydroxylation is 2. The van der Waals surface area contributed by atoms with Crippen LogP contribution in [0.1, 0.15) is 44.2 Å². The van der Waals surface area contributed by atoms with Crippen molar-refractivity contribution in [3.8, 4) is 0 Å². The number of aromatic carboxylic acids is 1. The molecule has 3 rings (SSSR count). The summed E-state index contributed by atoms with van der Waals surface area (Å²) in [6, 6.07) is 1.79. The van der Waals surface area contributed by atoms with E-state index in [1.807, 2.05) is 6.92 Å². The third-order valence-electron chi connectivity index (χ3n) is 3.81. The van der Waals surface area contributed by atoms with E-state index in [4.69, 9.17) is 9.63 Å². The van der Waals surface area contributed by atoms with E-state index in [1.165, 1.54) is 11.3 Å². The van der Waals surface area contributed by atoms with Crippen LogP contribution in [0, 0.1) is 13.8 Å². The van der Waals surface area contributed by atoms with Gasteiger partial charge in [0.1, 0.15) is 4.88 Å². The molecular weight excluding hydrogens is 290 g/mol. The van der Waals surface area contributed by atoms with Crippen molar-refractivity contribution >= 4 is 17.3 Å². The molecular formula is C14H17N3O3S. The van der Waals surface area contributed by atoms with Crippen LogP contribution < -0.4 is 0 Å². The van der Waals surface area contributed by atoms with Crippen molar-refractivity contribution in [2.24, 2.45) is 0 Å². The molecule has 6 nitrogen and oxygen atoms in total. The molecule has 0 aromatic carbocycles. The third-order valence-corrected chi connectivity index (χ3v) is 4.89. The monoisotopic (exact) mass is 307 g/mol. The highest BCUT2D eigenvalue weighted by atomic mass is 32.1. The summed E-state index contributed by atoms with van der Waals surface area (Å²) in [6.45, 7) is 6.41. The van der Waals surface area contributed by atoms with E-state index in [9.17, 15) is 4.79 Å². The first kappa shape index (κ1) is 14.2.